The average Bonchev–Trinajstić information content (AvgIpc) is 3.19. The monoisotopic (exact) mass is 476 g/mol. The van der Waals surface area contributed by atoms with E-state index in [9.17, 15) is 4.79 Å². The molecule has 0 saturated carbocycles. The molecule has 4 aromatic rings. The van der Waals surface area contributed by atoms with Crippen LogP contribution in [0.15, 0.2) is 76.0 Å². The quantitative estimate of drug-likeness (QED) is 0.328. The Morgan fingerprint density at radius 2 is 1.97 bits per heavy atom. The number of rotatable bonds is 5. The maximum atomic E-state index is 12.5. The topological polar surface area (TPSA) is 64.4 Å². The van der Waals surface area contributed by atoms with E-state index < -0.39 is 0 Å². The Balaban J connectivity index is 1.78. The predicted octanol–water partition coefficient (Wildman–Crippen LogP) is 6.62. The molecular weight excluding hydrogens is 456 g/mol. The highest BCUT2D eigenvalue weighted by Gasteiger charge is 2.18. The highest BCUT2D eigenvalue weighted by molar-refractivity contribution is 9.10. The number of aryl methyl sites for hydroxylation is 1. The lowest BCUT2D eigenvalue weighted by molar-refractivity contribution is -0.111. The van der Waals surface area contributed by atoms with Gasteiger partial charge in [0.15, 0.2) is 0 Å². The molecule has 1 N–H and O–H groups in total. The number of fused-ring (bicyclic) bond motifs is 1. The number of pyridine rings is 1. The van der Waals surface area contributed by atoms with Gasteiger partial charge in [0.25, 0.3) is 0 Å². The van der Waals surface area contributed by atoms with Crippen LogP contribution in [0.2, 0.25) is 0 Å². The Morgan fingerprint density at radius 3 is 2.65 bits per heavy atom. The van der Waals surface area contributed by atoms with Crippen LogP contribution in [0.5, 0.6) is 5.75 Å². The summed E-state index contributed by atoms with van der Waals surface area (Å²) < 4.78 is 12.6. The zero-order valence-electron chi connectivity index (χ0n) is 17.4. The van der Waals surface area contributed by atoms with Crippen LogP contribution in [-0.4, -0.2) is 18.0 Å². The molecule has 5 nitrogen and oxygen atoms in total. The molecule has 156 valence electrons. The van der Waals surface area contributed by atoms with Crippen LogP contribution in [0.25, 0.3) is 27.7 Å². The van der Waals surface area contributed by atoms with Gasteiger partial charge in [0.2, 0.25) is 5.91 Å². The van der Waals surface area contributed by atoms with Gasteiger partial charge in [-0.1, -0.05) is 34.1 Å². The van der Waals surface area contributed by atoms with Gasteiger partial charge in [-0.05, 0) is 55.3 Å². The molecule has 0 aliphatic rings. The number of furan rings is 1. The molecule has 1 amide bonds. The lowest BCUT2D eigenvalue weighted by Gasteiger charge is -2.13. The number of halogens is 1. The third kappa shape index (κ3) is 4.25. The molecule has 2 heterocycles. The fraction of sp³-hybridized carbons (Fsp3) is 0.120. The number of aromatic nitrogens is 1. The SMILES string of the molecule is COc1c(/C(C)=C/C(=O)Nc2ccccn2)cc2c(-c3ccc(Br)cc3)coc2c1C. The molecule has 0 radical (unpaired) electrons. The minimum Gasteiger partial charge on any atom is -0.496 e. The molecule has 0 fully saturated rings. The molecular formula is C25H21BrN2O3. The van der Waals surface area contributed by atoms with Crippen LogP contribution >= 0.6 is 15.9 Å². The summed E-state index contributed by atoms with van der Waals surface area (Å²) in [6.07, 6.45) is 4.95. The number of carbonyl (C=O) groups is 1. The molecule has 0 atom stereocenters. The largest absolute Gasteiger partial charge is 0.496 e. The van der Waals surface area contributed by atoms with Crippen LogP contribution in [0.3, 0.4) is 0 Å². The van der Waals surface area contributed by atoms with Crippen LogP contribution in [-0.2, 0) is 4.79 Å². The second kappa shape index (κ2) is 8.78. The first kappa shape index (κ1) is 20.9. The summed E-state index contributed by atoms with van der Waals surface area (Å²) >= 11 is 3.48. The van der Waals surface area contributed by atoms with Gasteiger partial charge in [-0.2, -0.15) is 0 Å². The van der Waals surface area contributed by atoms with Crippen molar-refractivity contribution in [3.05, 3.63) is 82.7 Å². The molecule has 0 spiro atoms. The second-order valence-corrected chi connectivity index (χ2v) is 8.06. The fourth-order valence-electron chi connectivity index (χ4n) is 3.60. The van der Waals surface area contributed by atoms with Crippen LogP contribution in [0, 0.1) is 6.92 Å². The third-order valence-electron chi connectivity index (χ3n) is 5.09. The van der Waals surface area contributed by atoms with Gasteiger partial charge < -0.3 is 14.5 Å². The summed E-state index contributed by atoms with van der Waals surface area (Å²) in [7, 11) is 1.62. The number of carbonyl (C=O) groups excluding carboxylic acids is 1. The van der Waals surface area contributed by atoms with Gasteiger partial charge in [0.1, 0.15) is 17.2 Å². The van der Waals surface area contributed by atoms with Gasteiger partial charge in [-0.3, -0.25) is 4.79 Å². The van der Waals surface area contributed by atoms with Gasteiger partial charge in [0.05, 0.1) is 13.4 Å². The highest BCUT2D eigenvalue weighted by Crippen LogP contribution is 2.40. The zero-order valence-corrected chi connectivity index (χ0v) is 19.0. The van der Waals surface area contributed by atoms with E-state index in [0.717, 1.165) is 43.3 Å². The molecule has 0 bridgehead atoms. The van der Waals surface area contributed by atoms with E-state index in [2.05, 4.69) is 26.2 Å². The van der Waals surface area contributed by atoms with Crippen molar-refractivity contribution in [1.82, 2.24) is 4.98 Å². The molecule has 6 heteroatoms. The van der Waals surface area contributed by atoms with Crippen LogP contribution in [0.1, 0.15) is 18.1 Å². The van der Waals surface area contributed by atoms with Crippen LogP contribution in [0.4, 0.5) is 5.82 Å². The van der Waals surface area contributed by atoms with Crippen LogP contribution < -0.4 is 10.1 Å². The summed E-state index contributed by atoms with van der Waals surface area (Å²) in [4.78, 5) is 16.7. The molecule has 4 rings (SSSR count). The first-order valence-electron chi connectivity index (χ1n) is 9.73. The number of benzene rings is 2. The molecule has 0 saturated heterocycles. The zero-order chi connectivity index (χ0) is 22.0. The van der Waals surface area contributed by atoms with Crippen molar-refractivity contribution in [2.24, 2.45) is 0 Å². The summed E-state index contributed by atoms with van der Waals surface area (Å²) in [6.45, 7) is 3.85. The number of ether oxygens (including phenoxy) is 1. The van der Waals surface area contributed by atoms with Crippen molar-refractivity contribution in [2.75, 3.05) is 12.4 Å². The molecule has 2 aromatic carbocycles. The molecule has 0 unspecified atom stereocenters. The molecule has 31 heavy (non-hydrogen) atoms. The minimum absolute atomic E-state index is 0.253. The molecule has 0 aliphatic carbocycles. The van der Waals surface area contributed by atoms with E-state index in [0.29, 0.717) is 11.6 Å². The maximum Gasteiger partial charge on any atom is 0.249 e. The summed E-state index contributed by atoms with van der Waals surface area (Å²) in [5, 5.41) is 3.75. The maximum absolute atomic E-state index is 12.5. The third-order valence-corrected chi connectivity index (χ3v) is 5.62. The van der Waals surface area contributed by atoms with Crippen molar-refractivity contribution in [3.8, 4) is 16.9 Å². The molecule has 2 aromatic heterocycles. The van der Waals surface area contributed by atoms with Crippen molar-refractivity contribution in [3.63, 3.8) is 0 Å². The van der Waals surface area contributed by atoms with E-state index in [-0.39, 0.29) is 5.91 Å². The summed E-state index contributed by atoms with van der Waals surface area (Å²) in [5.41, 5.74) is 5.30. The van der Waals surface area contributed by atoms with E-state index in [1.807, 2.05) is 50.2 Å². The number of nitrogens with zero attached hydrogens (tertiary/aromatic N) is 1. The van der Waals surface area contributed by atoms with Crippen molar-refractivity contribution < 1.29 is 13.9 Å². The van der Waals surface area contributed by atoms with E-state index in [1.54, 1.807) is 37.8 Å². The van der Waals surface area contributed by atoms with Crippen molar-refractivity contribution >= 4 is 44.2 Å². The Kier molecular flexibility index (Phi) is 5.91. The Morgan fingerprint density at radius 1 is 1.19 bits per heavy atom. The van der Waals surface area contributed by atoms with Crippen molar-refractivity contribution in [1.29, 1.82) is 0 Å². The van der Waals surface area contributed by atoms with E-state index >= 15 is 0 Å². The normalized spacial score (nSPS) is 11.5. The van der Waals surface area contributed by atoms with Gasteiger partial charge in [-0.25, -0.2) is 4.98 Å². The Hall–Kier alpha value is -3.38. The van der Waals surface area contributed by atoms with E-state index in [1.165, 1.54) is 0 Å². The number of methoxy groups -OCH3 is 1. The summed E-state index contributed by atoms with van der Waals surface area (Å²) in [6, 6.07) is 15.5. The number of hydrogen-bond donors (Lipinski definition) is 1. The predicted molar refractivity (Wildman–Crippen MR) is 127 cm³/mol. The fourth-order valence-corrected chi connectivity index (χ4v) is 3.86. The lowest BCUT2D eigenvalue weighted by atomic mass is 9.96. The minimum atomic E-state index is -0.253. The number of allylic oxidation sites excluding steroid dienone is 1. The first-order valence-corrected chi connectivity index (χ1v) is 10.5. The van der Waals surface area contributed by atoms with Gasteiger partial charge in [0, 0.05) is 38.8 Å². The van der Waals surface area contributed by atoms with Gasteiger partial charge >= 0.3 is 0 Å². The Labute approximate surface area is 188 Å². The second-order valence-electron chi connectivity index (χ2n) is 7.15. The Bertz CT molecular complexity index is 1280. The smallest absolute Gasteiger partial charge is 0.249 e. The average molecular weight is 477 g/mol. The van der Waals surface area contributed by atoms with Crippen molar-refractivity contribution in [2.45, 2.75) is 13.8 Å². The molecule has 0 aliphatic heterocycles. The first-order chi connectivity index (χ1) is 15.0. The van der Waals surface area contributed by atoms with Gasteiger partial charge in [-0.15, -0.1) is 0 Å². The number of nitrogens with one attached hydrogen (secondary N) is 1. The standard InChI is InChI=1S/C25H21BrN2O3/c1-15(12-23(29)28-22-6-4-5-11-27-22)19-13-20-21(17-7-9-18(26)10-8-17)14-31-25(20)16(2)24(19)30-3/h4-14H,1-3H3,(H,27,28,29)/b15-12+. The van der Waals surface area contributed by atoms with E-state index in [4.69, 9.17) is 9.15 Å². The number of anilines is 1. The number of hydrogen-bond acceptors (Lipinski definition) is 4. The lowest BCUT2D eigenvalue weighted by Crippen LogP contribution is -2.09. The highest BCUT2D eigenvalue weighted by atomic mass is 79.9. The number of amides is 1. The summed E-state index contributed by atoms with van der Waals surface area (Å²) in [5.74, 6) is 0.933.